The van der Waals surface area contributed by atoms with E-state index in [1.807, 2.05) is 57.2 Å². The second-order valence-electron chi connectivity index (χ2n) is 11.2. The van der Waals surface area contributed by atoms with E-state index in [9.17, 15) is 9.59 Å². The number of amides is 2. The van der Waals surface area contributed by atoms with Crippen LogP contribution < -0.4 is 19.7 Å². The maximum atomic E-state index is 12.1. The summed E-state index contributed by atoms with van der Waals surface area (Å²) in [6.07, 6.45) is 0.208. The highest BCUT2D eigenvalue weighted by Crippen LogP contribution is 2.37. The molecule has 2 fully saturated rings. The van der Waals surface area contributed by atoms with Crippen molar-refractivity contribution < 1.29 is 23.8 Å². The molecule has 39 heavy (non-hydrogen) atoms. The van der Waals surface area contributed by atoms with Gasteiger partial charge < -0.3 is 29.3 Å². The number of benzene rings is 2. The number of ether oxygens (including phenoxy) is 3. The quantitative estimate of drug-likeness (QED) is 0.480. The van der Waals surface area contributed by atoms with Crippen molar-refractivity contribution in [2.75, 3.05) is 45.3 Å². The smallest absolute Gasteiger partial charge is 0.410 e. The monoisotopic (exact) mass is 532 g/mol. The molecule has 5 rings (SSSR count). The molecule has 3 heterocycles. The van der Waals surface area contributed by atoms with Crippen molar-refractivity contribution in [3.05, 3.63) is 48.5 Å². The largest absolute Gasteiger partial charge is 0.497 e. The molecule has 2 saturated heterocycles. The molecule has 3 aromatic rings. The van der Waals surface area contributed by atoms with Crippen molar-refractivity contribution in [2.45, 2.75) is 38.8 Å². The molecule has 2 amide bonds. The highest BCUT2D eigenvalue weighted by molar-refractivity contribution is 5.95. The van der Waals surface area contributed by atoms with Crippen LogP contribution in [0, 0.1) is 5.92 Å². The summed E-state index contributed by atoms with van der Waals surface area (Å²) < 4.78 is 16.7. The van der Waals surface area contributed by atoms with Gasteiger partial charge in [0.1, 0.15) is 23.7 Å². The average molecular weight is 533 g/mol. The van der Waals surface area contributed by atoms with Gasteiger partial charge >= 0.3 is 6.09 Å². The SMILES string of the molecule is COc1ccc2c(N3CC4CC(=O)NC4C3)cc(-c3ccc(OCCN(C)C(=O)OC(C)(C)C)cc3)nc2c1. The average Bonchev–Trinajstić information content (AvgIpc) is 3.44. The van der Waals surface area contributed by atoms with E-state index >= 15 is 0 Å². The third-order valence-corrected chi connectivity index (χ3v) is 7.12. The van der Waals surface area contributed by atoms with Crippen LogP contribution in [0.5, 0.6) is 11.5 Å². The van der Waals surface area contributed by atoms with E-state index in [0.29, 0.717) is 31.2 Å². The number of nitrogens with one attached hydrogen (secondary N) is 1. The van der Waals surface area contributed by atoms with Crippen LogP contribution in [-0.4, -0.2) is 73.9 Å². The lowest BCUT2D eigenvalue weighted by molar-refractivity contribution is -0.119. The van der Waals surface area contributed by atoms with Gasteiger partial charge in [-0.2, -0.15) is 0 Å². The summed E-state index contributed by atoms with van der Waals surface area (Å²) in [7, 11) is 3.35. The molecule has 2 unspecified atom stereocenters. The van der Waals surface area contributed by atoms with Crippen LogP contribution in [0.15, 0.2) is 48.5 Å². The third-order valence-electron chi connectivity index (χ3n) is 7.12. The first kappa shape index (κ1) is 26.6. The zero-order valence-electron chi connectivity index (χ0n) is 23.2. The fraction of sp³-hybridized carbons (Fsp3) is 0.433. The Kier molecular flexibility index (Phi) is 7.25. The molecule has 2 aliphatic rings. The summed E-state index contributed by atoms with van der Waals surface area (Å²) in [5.41, 5.74) is 3.24. The molecule has 1 aromatic heterocycles. The number of aromatic nitrogens is 1. The molecule has 2 atom stereocenters. The van der Waals surface area contributed by atoms with E-state index in [1.54, 1.807) is 14.2 Å². The second kappa shape index (κ2) is 10.6. The Hall–Kier alpha value is -4.01. The number of hydrogen-bond donors (Lipinski definition) is 1. The van der Waals surface area contributed by atoms with Crippen LogP contribution >= 0.6 is 0 Å². The van der Waals surface area contributed by atoms with E-state index in [-0.39, 0.29) is 18.0 Å². The summed E-state index contributed by atoms with van der Waals surface area (Å²) in [4.78, 5) is 32.8. The Morgan fingerprint density at radius 2 is 1.85 bits per heavy atom. The third kappa shape index (κ3) is 6.02. The number of methoxy groups -OCH3 is 1. The van der Waals surface area contributed by atoms with Crippen molar-refractivity contribution in [1.29, 1.82) is 0 Å². The summed E-state index contributed by atoms with van der Waals surface area (Å²) in [6.45, 7) is 7.90. The molecule has 0 aliphatic carbocycles. The van der Waals surface area contributed by atoms with Gasteiger partial charge in [-0.3, -0.25) is 4.79 Å². The van der Waals surface area contributed by atoms with Gasteiger partial charge in [0.25, 0.3) is 0 Å². The minimum atomic E-state index is -0.534. The number of carbonyl (C=O) groups is 2. The number of carbonyl (C=O) groups excluding carboxylic acids is 2. The predicted molar refractivity (Wildman–Crippen MR) is 150 cm³/mol. The molecule has 0 saturated carbocycles. The minimum absolute atomic E-state index is 0.147. The van der Waals surface area contributed by atoms with E-state index in [1.165, 1.54) is 4.90 Å². The van der Waals surface area contributed by atoms with Crippen molar-refractivity contribution in [3.63, 3.8) is 0 Å². The Bertz CT molecular complexity index is 1350. The van der Waals surface area contributed by atoms with Crippen LogP contribution in [0.1, 0.15) is 27.2 Å². The number of rotatable bonds is 7. The molecular weight excluding hydrogens is 496 g/mol. The molecule has 9 heteroatoms. The second-order valence-corrected chi connectivity index (χ2v) is 11.2. The highest BCUT2D eigenvalue weighted by atomic mass is 16.6. The first-order valence-corrected chi connectivity index (χ1v) is 13.3. The van der Waals surface area contributed by atoms with Crippen molar-refractivity contribution in [2.24, 2.45) is 5.92 Å². The number of pyridine rings is 1. The zero-order valence-corrected chi connectivity index (χ0v) is 23.2. The van der Waals surface area contributed by atoms with Crippen LogP contribution in [0.4, 0.5) is 10.5 Å². The normalized spacial score (nSPS) is 18.6. The maximum absolute atomic E-state index is 12.1. The molecule has 0 radical (unpaired) electrons. The van der Waals surface area contributed by atoms with Gasteiger partial charge in [0.15, 0.2) is 0 Å². The fourth-order valence-electron chi connectivity index (χ4n) is 5.12. The summed E-state index contributed by atoms with van der Waals surface area (Å²) in [5, 5.41) is 4.17. The minimum Gasteiger partial charge on any atom is -0.497 e. The van der Waals surface area contributed by atoms with Gasteiger partial charge in [-0.05, 0) is 63.2 Å². The zero-order chi connectivity index (χ0) is 27.7. The van der Waals surface area contributed by atoms with Crippen molar-refractivity contribution >= 4 is 28.6 Å². The highest BCUT2D eigenvalue weighted by Gasteiger charge is 2.40. The van der Waals surface area contributed by atoms with E-state index in [2.05, 4.69) is 22.3 Å². The first-order chi connectivity index (χ1) is 18.6. The van der Waals surface area contributed by atoms with Crippen LogP contribution in [0.2, 0.25) is 0 Å². The van der Waals surface area contributed by atoms with Gasteiger partial charge in [0.05, 0.1) is 30.9 Å². The predicted octanol–water partition coefficient (Wildman–Crippen LogP) is 4.48. The molecule has 0 bridgehead atoms. The molecular formula is C30H36N4O5. The van der Waals surface area contributed by atoms with Crippen LogP contribution in [0.25, 0.3) is 22.2 Å². The Morgan fingerprint density at radius 1 is 1.10 bits per heavy atom. The van der Waals surface area contributed by atoms with Gasteiger partial charge in [0.2, 0.25) is 5.91 Å². The number of anilines is 1. The number of fused-ring (bicyclic) bond motifs is 2. The lowest BCUT2D eigenvalue weighted by Crippen LogP contribution is -2.36. The summed E-state index contributed by atoms with van der Waals surface area (Å²) >= 11 is 0. The maximum Gasteiger partial charge on any atom is 0.410 e. The van der Waals surface area contributed by atoms with Gasteiger partial charge in [-0.1, -0.05) is 0 Å². The standard InChI is InChI=1S/C30H36N4O5/c1-30(2,3)39-29(36)33(4)12-13-38-21-8-6-19(7-9-21)24-16-27(23-11-10-22(37-5)15-25(23)31-24)34-17-20-14-28(35)32-26(20)18-34/h6-11,15-16,20,26H,12-14,17-18H2,1-5H3,(H,32,35). The summed E-state index contributed by atoms with van der Waals surface area (Å²) in [6, 6.07) is 16.1. The number of hydrogen-bond acceptors (Lipinski definition) is 7. The lowest BCUT2D eigenvalue weighted by atomic mass is 10.1. The topological polar surface area (TPSA) is 93.2 Å². The van der Waals surface area contributed by atoms with Crippen molar-refractivity contribution in [3.8, 4) is 22.8 Å². The Labute approximate surface area is 229 Å². The Balaban J connectivity index is 1.32. The molecule has 206 valence electrons. The molecule has 0 spiro atoms. The molecule has 1 N–H and O–H groups in total. The molecule has 2 aliphatic heterocycles. The van der Waals surface area contributed by atoms with E-state index in [0.717, 1.165) is 46.7 Å². The van der Waals surface area contributed by atoms with Crippen LogP contribution in [-0.2, 0) is 9.53 Å². The number of nitrogens with zero attached hydrogens (tertiary/aromatic N) is 3. The molecule has 2 aromatic carbocycles. The summed E-state index contributed by atoms with van der Waals surface area (Å²) in [5.74, 6) is 1.94. The van der Waals surface area contributed by atoms with Gasteiger partial charge in [-0.25, -0.2) is 9.78 Å². The van der Waals surface area contributed by atoms with E-state index < -0.39 is 5.60 Å². The lowest BCUT2D eigenvalue weighted by Gasteiger charge is -2.24. The Morgan fingerprint density at radius 3 is 2.54 bits per heavy atom. The van der Waals surface area contributed by atoms with Crippen molar-refractivity contribution in [1.82, 2.24) is 15.2 Å². The fourth-order valence-corrected chi connectivity index (χ4v) is 5.12. The molecule has 9 nitrogen and oxygen atoms in total. The van der Waals surface area contributed by atoms with Crippen LogP contribution in [0.3, 0.4) is 0 Å². The van der Waals surface area contributed by atoms with Gasteiger partial charge in [-0.15, -0.1) is 0 Å². The van der Waals surface area contributed by atoms with Gasteiger partial charge in [0, 0.05) is 55.2 Å². The van der Waals surface area contributed by atoms with E-state index in [4.69, 9.17) is 19.2 Å². The first-order valence-electron chi connectivity index (χ1n) is 13.3. The number of likely N-dealkylation sites (N-methyl/N-ethyl adjacent to an activating group) is 1.